The number of hydrogen-bond donors (Lipinski definition) is 2. The number of nitrogens with one attached hydrogen (secondary N) is 2. The van der Waals surface area contributed by atoms with Crippen molar-refractivity contribution >= 4 is 11.7 Å². The number of anilines is 1. The van der Waals surface area contributed by atoms with Gasteiger partial charge < -0.3 is 10.6 Å². The normalized spacial score (nSPS) is 29.8. The average Bonchev–Trinajstić information content (AvgIpc) is 2.87. The molecule has 5 nitrogen and oxygen atoms in total. The van der Waals surface area contributed by atoms with Crippen molar-refractivity contribution < 1.29 is 4.79 Å². The Morgan fingerprint density at radius 3 is 2.38 bits per heavy atom. The molecule has 0 atom stereocenters. The Labute approximate surface area is 173 Å². The molecule has 4 fully saturated rings. The molecule has 5 heteroatoms. The summed E-state index contributed by atoms with van der Waals surface area (Å²) in [7, 11) is 0. The summed E-state index contributed by atoms with van der Waals surface area (Å²) in [5, 5.41) is 11.2. The van der Waals surface area contributed by atoms with Crippen LogP contribution in [-0.2, 0) is 6.54 Å². The van der Waals surface area contributed by atoms with E-state index in [0.29, 0.717) is 6.54 Å². The van der Waals surface area contributed by atoms with E-state index in [4.69, 9.17) is 0 Å². The number of nitrogens with zero attached hydrogens (tertiary/aromatic N) is 2. The van der Waals surface area contributed by atoms with Gasteiger partial charge in [-0.05, 0) is 82.6 Å². The van der Waals surface area contributed by atoms with E-state index in [9.17, 15) is 4.79 Å². The van der Waals surface area contributed by atoms with Gasteiger partial charge in [0.1, 0.15) is 0 Å². The molecule has 0 unspecified atom stereocenters. The Morgan fingerprint density at radius 1 is 1.10 bits per heavy atom. The zero-order chi connectivity index (χ0) is 20.2. The van der Waals surface area contributed by atoms with E-state index in [2.05, 4.69) is 46.9 Å². The van der Waals surface area contributed by atoms with Gasteiger partial charge in [-0.1, -0.05) is 29.8 Å². The van der Waals surface area contributed by atoms with Gasteiger partial charge in [-0.15, -0.1) is 0 Å². The first-order valence-corrected chi connectivity index (χ1v) is 11.1. The van der Waals surface area contributed by atoms with Crippen LogP contribution in [0.5, 0.6) is 0 Å². The molecule has 2 N–H and O–H groups in total. The fourth-order valence-corrected chi connectivity index (χ4v) is 6.66. The number of carbonyl (C=O) groups is 1. The van der Waals surface area contributed by atoms with Gasteiger partial charge in [-0.2, -0.15) is 5.10 Å². The number of carbonyl (C=O) groups excluding carboxylic acids is 1. The second-order valence-corrected chi connectivity index (χ2v) is 9.97. The summed E-state index contributed by atoms with van der Waals surface area (Å²) in [6, 6.07) is 8.42. The van der Waals surface area contributed by atoms with Gasteiger partial charge in [0.2, 0.25) is 0 Å². The van der Waals surface area contributed by atoms with Crippen LogP contribution in [0.4, 0.5) is 10.5 Å². The molecule has 1 aromatic carbocycles. The van der Waals surface area contributed by atoms with Crippen LogP contribution >= 0.6 is 0 Å². The number of rotatable bonds is 4. The second kappa shape index (κ2) is 6.89. The highest BCUT2D eigenvalue weighted by atomic mass is 16.2. The predicted molar refractivity (Wildman–Crippen MR) is 115 cm³/mol. The van der Waals surface area contributed by atoms with Gasteiger partial charge in [-0.25, -0.2) is 4.79 Å². The summed E-state index contributed by atoms with van der Waals surface area (Å²) < 4.78 is 1.99. The standard InChI is InChI=1S/C24H32N4O/c1-15-5-4-6-18(7-15)14-28-17(3)22(16(2)27-28)25-23(29)26-24-11-19-8-20(12-24)10-21(9-19)13-24/h4-7,19-21H,8-14H2,1-3H3,(H2,25,26,29). The van der Waals surface area contributed by atoms with Crippen LogP contribution in [0.2, 0.25) is 0 Å². The molecule has 2 aromatic rings. The van der Waals surface area contributed by atoms with Crippen molar-refractivity contribution in [3.8, 4) is 0 Å². The molecule has 0 radical (unpaired) electrons. The first-order valence-electron chi connectivity index (χ1n) is 11.1. The van der Waals surface area contributed by atoms with Crippen molar-refractivity contribution in [1.29, 1.82) is 0 Å². The predicted octanol–water partition coefficient (Wildman–Crippen LogP) is 4.95. The first-order chi connectivity index (χ1) is 13.9. The fraction of sp³-hybridized carbons (Fsp3) is 0.583. The van der Waals surface area contributed by atoms with Crippen molar-refractivity contribution in [3.05, 3.63) is 46.8 Å². The molecule has 29 heavy (non-hydrogen) atoms. The molecule has 1 heterocycles. The summed E-state index contributed by atoms with van der Waals surface area (Å²) in [6.45, 7) is 6.83. The molecular weight excluding hydrogens is 360 g/mol. The molecular formula is C24H32N4O. The third-order valence-electron chi connectivity index (χ3n) is 7.45. The first kappa shape index (κ1) is 18.7. The van der Waals surface area contributed by atoms with E-state index < -0.39 is 0 Å². The highest BCUT2D eigenvalue weighted by Crippen LogP contribution is 2.55. The fourth-order valence-electron chi connectivity index (χ4n) is 6.66. The summed E-state index contributed by atoms with van der Waals surface area (Å²) in [6.07, 6.45) is 7.64. The monoisotopic (exact) mass is 392 g/mol. The lowest BCUT2D eigenvalue weighted by atomic mass is 9.53. The molecule has 6 rings (SSSR count). The van der Waals surface area contributed by atoms with Crippen LogP contribution in [0.3, 0.4) is 0 Å². The Hall–Kier alpha value is -2.30. The number of hydrogen-bond acceptors (Lipinski definition) is 2. The summed E-state index contributed by atoms with van der Waals surface area (Å²) in [5.41, 5.74) is 5.22. The Bertz CT molecular complexity index is 909. The van der Waals surface area contributed by atoms with Crippen LogP contribution in [0, 0.1) is 38.5 Å². The van der Waals surface area contributed by atoms with Gasteiger partial charge in [-0.3, -0.25) is 4.68 Å². The van der Waals surface area contributed by atoms with Gasteiger partial charge in [0.15, 0.2) is 0 Å². The number of urea groups is 1. The minimum atomic E-state index is -0.0618. The van der Waals surface area contributed by atoms with E-state index in [0.717, 1.165) is 54.1 Å². The molecule has 4 saturated carbocycles. The van der Waals surface area contributed by atoms with Crippen LogP contribution in [0.25, 0.3) is 0 Å². The van der Waals surface area contributed by atoms with Crippen LogP contribution in [0.1, 0.15) is 61.0 Å². The minimum Gasteiger partial charge on any atom is -0.332 e. The number of aromatic nitrogens is 2. The molecule has 4 aliphatic carbocycles. The van der Waals surface area contributed by atoms with Crippen molar-refractivity contribution in [2.75, 3.05) is 5.32 Å². The van der Waals surface area contributed by atoms with E-state index in [1.54, 1.807) is 0 Å². The highest BCUT2D eigenvalue weighted by molar-refractivity contribution is 5.91. The van der Waals surface area contributed by atoms with Crippen molar-refractivity contribution in [3.63, 3.8) is 0 Å². The zero-order valence-electron chi connectivity index (χ0n) is 17.8. The minimum absolute atomic E-state index is 0.0260. The topological polar surface area (TPSA) is 59.0 Å². The maximum atomic E-state index is 13.0. The largest absolute Gasteiger partial charge is 0.332 e. The van der Waals surface area contributed by atoms with Crippen LogP contribution in [0.15, 0.2) is 24.3 Å². The molecule has 154 valence electrons. The van der Waals surface area contributed by atoms with Crippen molar-refractivity contribution in [1.82, 2.24) is 15.1 Å². The maximum absolute atomic E-state index is 13.0. The molecule has 4 bridgehead atoms. The quantitative estimate of drug-likeness (QED) is 0.774. The Morgan fingerprint density at radius 2 is 1.76 bits per heavy atom. The summed E-state index contributed by atoms with van der Waals surface area (Å²) in [4.78, 5) is 13.0. The Kier molecular flexibility index (Phi) is 4.45. The average molecular weight is 393 g/mol. The maximum Gasteiger partial charge on any atom is 0.319 e. The van der Waals surface area contributed by atoms with Gasteiger partial charge in [0.05, 0.1) is 23.6 Å². The SMILES string of the molecule is Cc1cccc(Cn2nc(C)c(NC(=O)NC34CC5CC(CC(C5)C3)C4)c2C)c1. The van der Waals surface area contributed by atoms with Crippen molar-refractivity contribution in [2.24, 2.45) is 17.8 Å². The van der Waals surface area contributed by atoms with Gasteiger partial charge in [0.25, 0.3) is 0 Å². The van der Waals surface area contributed by atoms with Crippen LogP contribution in [-0.4, -0.2) is 21.4 Å². The molecule has 4 aliphatic rings. The third-order valence-corrected chi connectivity index (χ3v) is 7.45. The lowest BCUT2D eigenvalue weighted by Gasteiger charge is -2.56. The molecule has 0 spiro atoms. The molecule has 1 aromatic heterocycles. The van der Waals surface area contributed by atoms with Gasteiger partial charge in [0, 0.05) is 5.54 Å². The Balaban J connectivity index is 1.29. The number of benzene rings is 1. The molecule has 0 aliphatic heterocycles. The molecule has 0 saturated heterocycles. The molecule has 2 amide bonds. The van der Waals surface area contributed by atoms with E-state index in [1.165, 1.54) is 30.4 Å². The smallest absolute Gasteiger partial charge is 0.319 e. The zero-order valence-corrected chi connectivity index (χ0v) is 17.8. The lowest BCUT2D eigenvalue weighted by Crippen LogP contribution is -2.60. The van der Waals surface area contributed by atoms with E-state index in [1.807, 2.05) is 18.5 Å². The summed E-state index contributed by atoms with van der Waals surface area (Å²) in [5.74, 6) is 2.46. The van der Waals surface area contributed by atoms with Crippen LogP contribution < -0.4 is 10.6 Å². The third kappa shape index (κ3) is 3.56. The number of amides is 2. The second-order valence-electron chi connectivity index (χ2n) is 9.97. The van der Waals surface area contributed by atoms with E-state index >= 15 is 0 Å². The van der Waals surface area contributed by atoms with E-state index in [-0.39, 0.29) is 11.6 Å². The van der Waals surface area contributed by atoms with Gasteiger partial charge >= 0.3 is 6.03 Å². The lowest BCUT2D eigenvalue weighted by molar-refractivity contribution is -0.0127. The number of aryl methyl sites for hydroxylation is 2. The summed E-state index contributed by atoms with van der Waals surface area (Å²) >= 11 is 0. The van der Waals surface area contributed by atoms with Crippen molar-refractivity contribution in [2.45, 2.75) is 71.4 Å². The highest BCUT2D eigenvalue weighted by Gasteiger charge is 2.51.